The Hall–Kier alpha value is -2.71. The van der Waals surface area contributed by atoms with E-state index in [1.807, 2.05) is 54.8 Å². The molecule has 1 aliphatic heterocycles. The van der Waals surface area contributed by atoms with Crippen LogP contribution in [0.15, 0.2) is 47.8 Å². The summed E-state index contributed by atoms with van der Waals surface area (Å²) >= 11 is 1.45. The molecule has 4 rings (SSSR count). The Kier molecular flexibility index (Phi) is 5.14. The Morgan fingerprint density at radius 1 is 1.21 bits per heavy atom. The highest BCUT2D eigenvalue weighted by Crippen LogP contribution is 2.34. The second kappa shape index (κ2) is 7.61. The van der Waals surface area contributed by atoms with Crippen LogP contribution in [0, 0.1) is 6.92 Å². The summed E-state index contributed by atoms with van der Waals surface area (Å²) in [6, 6.07) is 13.4. The van der Waals surface area contributed by atoms with Gasteiger partial charge < -0.3 is 5.32 Å². The van der Waals surface area contributed by atoms with Crippen LogP contribution in [0.25, 0.3) is 11.3 Å². The van der Waals surface area contributed by atoms with Gasteiger partial charge in [0.05, 0.1) is 24.1 Å². The van der Waals surface area contributed by atoms with E-state index in [1.54, 1.807) is 0 Å². The van der Waals surface area contributed by atoms with Crippen molar-refractivity contribution in [3.05, 3.63) is 64.0 Å². The lowest BCUT2D eigenvalue weighted by Gasteiger charge is -2.16. The number of nitrogens with one attached hydrogen (secondary N) is 1. The van der Waals surface area contributed by atoms with Gasteiger partial charge in [-0.15, -0.1) is 11.3 Å². The zero-order valence-electron chi connectivity index (χ0n) is 16.2. The summed E-state index contributed by atoms with van der Waals surface area (Å²) in [5, 5.41) is 5.55. The first kappa shape index (κ1) is 19.6. The van der Waals surface area contributed by atoms with Crippen molar-refractivity contribution in [2.75, 3.05) is 22.4 Å². The molecule has 2 heterocycles. The number of hydrogen-bond acceptors (Lipinski definition) is 5. The third-order valence-corrected chi connectivity index (χ3v) is 6.86. The lowest BCUT2D eigenvalue weighted by Crippen LogP contribution is -2.27. The summed E-state index contributed by atoms with van der Waals surface area (Å²) in [5.41, 5.74) is 5.38. The molecule has 0 saturated carbocycles. The van der Waals surface area contributed by atoms with Crippen LogP contribution in [0.1, 0.15) is 16.1 Å². The van der Waals surface area contributed by atoms with Crippen molar-refractivity contribution in [1.29, 1.82) is 0 Å². The van der Waals surface area contributed by atoms with E-state index in [-0.39, 0.29) is 12.3 Å². The molecule has 1 amide bonds. The van der Waals surface area contributed by atoms with Crippen LogP contribution in [-0.2, 0) is 27.7 Å². The van der Waals surface area contributed by atoms with E-state index < -0.39 is 10.0 Å². The fraction of sp³-hybridized carbons (Fsp3) is 0.238. The summed E-state index contributed by atoms with van der Waals surface area (Å²) in [6.07, 6.45) is 2.13. The van der Waals surface area contributed by atoms with Crippen molar-refractivity contribution in [2.24, 2.45) is 0 Å². The second-order valence-corrected chi connectivity index (χ2v) is 10.00. The van der Waals surface area contributed by atoms with Crippen LogP contribution < -0.4 is 9.62 Å². The largest absolute Gasteiger partial charge is 0.326 e. The molecule has 1 N–H and O–H groups in total. The molecule has 0 radical (unpaired) electrons. The Bertz CT molecular complexity index is 1170. The molecule has 0 saturated heterocycles. The minimum Gasteiger partial charge on any atom is -0.326 e. The number of thiazole rings is 1. The van der Waals surface area contributed by atoms with Crippen molar-refractivity contribution in [3.63, 3.8) is 0 Å². The first-order valence-corrected chi connectivity index (χ1v) is 11.9. The molecule has 0 bridgehead atoms. The van der Waals surface area contributed by atoms with Crippen molar-refractivity contribution in [3.8, 4) is 11.3 Å². The number of fused-ring (bicyclic) bond motifs is 1. The highest BCUT2D eigenvalue weighted by Gasteiger charge is 2.26. The van der Waals surface area contributed by atoms with Crippen LogP contribution in [0.5, 0.6) is 0 Å². The van der Waals surface area contributed by atoms with Gasteiger partial charge in [0.15, 0.2) is 0 Å². The Morgan fingerprint density at radius 2 is 1.97 bits per heavy atom. The van der Waals surface area contributed by atoms with Gasteiger partial charge in [0.2, 0.25) is 15.9 Å². The van der Waals surface area contributed by atoms with Crippen LogP contribution in [0.2, 0.25) is 0 Å². The maximum atomic E-state index is 12.3. The Morgan fingerprint density at radius 3 is 2.69 bits per heavy atom. The van der Waals surface area contributed by atoms with E-state index >= 15 is 0 Å². The molecule has 0 aliphatic carbocycles. The zero-order chi connectivity index (χ0) is 20.6. The number of sulfonamides is 1. The molecule has 29 heavy (non-hydrogen) atoms. The molecule has 3 aromatic rings. The van der Waals surface area contributed by atoms with Crippen LogP contribution in [0.3, 0.4) is 0 Å². The second-order valence-electron chi connectivity index (χ2n) is 7.15. The summed E-state index contributed by atoms with van der Waals surface area (Å²) in [6.45, 7) is 2.47. The monoisotopic (exact) mass is 427 g/mol. The normalized spacial score (nSPS) is 13.4. The summed E-state index contributed by atoms with van der Waals surface area (Å²) in [7, 11) is -3.26. The molecule has 0 atom stereocenters. The van der Waals surface area contributed by atoms with E-state index in [0.717, 1.165) is 38.8 Å². The summed E-state index contributed by atoms with van der Waals surface area (Å²) in [4.78, 5) is 16.9. The number of carbonyl (C=O) groups is 1. The number of carbonyl (C=O) groups excluding carboxylic acids is 1. The van der Waals surface area contributed by atoms with Gasteiger partial charge in [-0.1, -0.05) is 23.8 Å². The van der Waals surface area contributed by atoms with Gasteiger partial charge in [-0.3, -0.25) is 9.10 Å². The molecule has 1 aliphatic rings. The molecule has 0 unspecified atom stereocenters. The predicted octanol–water partition coefficient (Wildman–Crippen LogP) is 3.62. The molecule has 0 fully saturated rings. The Labute approximate surface area is 174 Å². The quantitative estimate of drug-likeness (QED) is 0.674. The number of aromatic nitrogens is 1. The first-order chi connectivity index (χ1) is 13.8. The number of benzene rings is 2. The lowest BCUT2D eigenvalue weighted by atomic mass is 10.1. The standard InChI is InChI=1S/C21H21N3O3S2/c1-14-3-6-17(7-4-14)22-20(25)12-21-23-18(13-28-21)15-5-8-19-16(11-15)9-10-24(19)29(2,26)27/h3-8,11,13H,9-10,12H2,1-2H3,(H,22,25). The topological polar surface area (TPSA) is 79.4 Å². The molecule has 150 valence electrons. The number of hydrogen-bond donors (Lipinski definition) is 1. The van der Waals surface area contributed by atoms with Crippen LogP contribution in [-0.4, -0.2) is 32.1 Å². The maximum Gasteiger partial charge on any atom is 0.232 e. The highest BCUT2D eigenvalue weighted by molar-refractivity contribution is 7.92. The van der Waals surface area contributed by atoms with Gasteiger partial charge >= 0.3 is 0 Å². The number of anilines is 2. The molecule has 1 aromatic heterocycles. The fourth-order valence-electron chi connectivity index (χ4n) is 3.38. The van der Waals surface area contributed by atoms with E-state index in [9.17, 15) is 13.2 Å². The van der Waals surface area contributed by atoms with Crippen LogP contribution >= 0.6 is 11.3 Å². The highest BCUT2D eigenvalue weighted by atomic mass is 32.2. The van der Waals surface area contributed by atoms with Gasteiger partial charge in [-0.25, -0.2) is 13.4 Å². The van der Waals surface area contributed by atoms with E-state index in [1.165, 1.54) is 21.9 Å². The van der Waals surface area contributed by atoms with Gasteiger partial charge in [-0.2, -0.15) is 0 Å². The molecule has 8 heteroatoms. The zero-order valence-corrected chi connectivity index (χ0v) is 17.8. The fourth-order valence-corrected chi connectivity index (χ4v) is 5.14. The van der Waals surface area contributed by atoms with Crippen molar-refractivity contribution in [2.45, 2.75) is 19.8 Å². The van der Waals surface area contributed by atoms with Crippen LogP contribution in [0.4, 0.5) is 11.4 Å². The van der Waals surface area contributed by atoms with Crippen molar-refractivity contribution < 1.29 is 13.2 Å². The third-order valence-electron chi connectivity index (χ3n) is 4.83. The number of amides is 1. The van der Waals surface area contributed by atoms with Gasteiger partial charge in [0, 0.05) is 23.2 Å². The van der Waals surface area contributed by atoms with Crippen molar-refractivity contribution >= 4 is 38.6 Å². The average molecular weight is 428 g/mol. The molecular formula is C21H21N3O3S2. The molecule has 2 aromatic carbocycles. The van der Waals surface area contributed by atoms with E-state index in [0.29, 0.717) is 13.0 Å². The molecular weight excluding hydrogens is 406 g/mol. The number of aryl methyl sites for hydroxylation is 1. The van der Waals surface area contributed by atoms with E-state index in [2.05, 4.69) is 10.3 Å². The SMILES string of the molecule is Cc1ccc(NC(=O)Cc2nc(-c3ccc4c(c3)CCN4S(C)(=O)=O)cs2)cc1. The maximum absolute atomic E-state index is 12.3. The lowest BCUT2D eigenvalue weighted by molar-refractivity contribution is -0.115. The summed E-state index contributed by atoms with van der Waals surface area (Å²) < 4.78 is 25.2. The Balaban J connectivity index is 1.47. The minimum absolute atomic E-state index is 0.104. The third kappa shape index (κ3) is 4.33. The minimum atomic E-state index is -3.26. The average Bonchev–Trinajstić information content (AvgIpc) is 3.29. The van der Waals surface area contributed by atoms with Crippen molar-refractivity contribution in [1.82, 2.24) is 4.98 Å². The predicted molar refractivity (Wildman–Crippen MR) is 117 cm³/mol. The number of rotatable bonds is 5. The summed E-state index contributed by atoms with van der Waals surface area (Å²) in [5.74, 6) is -0.104. The van der Waals surface area contributed by atoms with Gasteiger partial charge in [-0.05, 0) is 43.2 Å². The first-order valence-electron chi connectivity index (χ1n) is 9.21. The number of nitrogens with zero attached hydrogens (tertiary/aromatic N) is 2. The smallest absolute Gasteiger partial charge is 0.232 e. The molecule has 6 nitrogen and oxygen atoms in total. The van der Waals surface area contributed by atoms with Gasteiger partial charge in [0.25, 0.3) is 0 Å². The van der Waals surface area contributed by atoms with Gasteiger partial charge in [0.1, 0.15) is 5.01 Å². The van der Waals surface area contributed by atoms with E-state index in [4.69, 9.17) is 0 Å². The molecule has 0 spiro atoms.